The number of aliphatic carboxylic acids is 1. The molecule has 1 fully saturated rings. The van der Waals surface area contributed by atoms with E-state index >= 15 is 0 Å². The molecule has 0 bridgehead atoms. The van der Waals surface area contributed by atoms with Crippen LogP contribution in [-0.2, 0) is 42.9 Å². The normalized spacial score (nSPS) is 19.3. The number of carbonyl (C=O) groups excluding carboxylic acids is 3. The summed E-state index contributed by atoms with van der Waals surface area (Å²) < 4.78 is 28.1. The molecule has 0 aromatic rings. The van der Waals surface area contributed by atoms with Crippen molar-refractivity contribution >= 4 is 23.9 Å². The van der Waals surface area contributed by atoms with E-state index in [9.17, 15) is 34.5 Å². The van der Waals surface area contributed by atoms with Crippen molar-refractivity contribution in [1.29, 1.82) is 0 Å². The number of allylic oxidation sites excluding steroid dienone is 24. The summed E-state index contributed by atoms with van der Waals surface area (Å²) in [5.41, 5.74) is 0. The van der Waals surface area contributed by atoms with Gasteiger partial charge in [0.05, 0.1) is 6.61 Å². The van der Waals surface area contributed by atoms with E-state index in [2.05, 4.69) is 136 Å². The van der Waals surface area contributed by atoms with Crippen molar-refractivity contribution < 1.29 is 58.2 Å². The fourth-order valence-electron chi connectivity index (χ4n) is 7.21. The molecule has 0 saturated carbocycles. The first kappa shape index (κ1) is 67.6. The third-order valence-corrected chi connectivity index (χ3v) is 11.4. The van der Waals surface area contributed by atoms with Crippen LogP contribution >= 0.6 is 0 Å². The topological polar surface area (TPSA) is 175 Å². The minimum absolute atomic E-state index is 0.0776. The molecule has 3 N–H and O–H groups in total. The average Bonchev–Trinajstić information content (AvgIpc) is 3.39. The molecule has 12 nitrogen and oxygen atoms in total. The summed E-state index contributed by atoms with van der Waals surface area (Å²) in [5.74, 6) is -3.39. The minimum Gasteiger partial charge on any atom is -0.479 e. The molecule has 418 valence electrons. The molecule has 0 aliphatic carbocycles. The molecule has 1 aliphatic heterocycles. The summed E-state index contributed by atoms with van der Waals surface area (Å²) in [7, 11) is 0. The van der Waals surface area contributed by atoms with Gasteiger partial charge in [-0.15, -0.1) is 0 Å². The van der Waals surface area contributed by atoms with Gasteiger partial charge in [0.1, 0.15) is 18.8 Å². The van der Waals surface area contributed by atoms with Gasteiger partial charge in [0.25, 0.3) is 0 Å². The summed E-state index contributed by atoms with van der Waals surface area (Å²) in [6.07, 6.45) is 58.5. The molecular formula is C63H94O12. The van der Waals surface area contributed by atoms with Crippen LogP contribution in [0, 0.1) is 0 Å². The van der Waals surface area contributed by atoms with Gasteiger partial charge in [-0.3, -0.25) is 14.4 Å². The molecule has 1 heterocycles. The Labute approximate surface area is 451 Å². The smallest absolute Gasteiger partial charge is 0.335 e. The number of aliphatic hydroxyl groups excluding tert-OH is 2. The van der Waals surface area contributed by atoms with Crippen LogP contribution in [0.3, 0.4) is 0 Å². The molecule has 6 atom stereocenters. The van der Waals surface area contributed by atoms with Crippen LogP contribution in [0.5, 0.6) is 0 Å². The highest BCUT2D eigenvalue weighted by Gasteiger charge is 2.50. The number of rotatable bonds is 44. The van der Waals surface area contributed by atoms with Crippen LogP contribution in [0.15, 0.2) is 146 Å². The van der Waals surface area contributed by atoms with E-state index in [4.69, 9.17) is 23.7 Å². The number of carboxylic acids is 1. The zero-order valence-corrected chi connectivity index (χ0v) is 45.7. The Morgan fingerprint density at radius 2 is 0.867 bits per heavy atom. The molecule has 75 heavy (non-hydrogen) atoms. The van der Waals surface area contributed by atoms with Crippen molar-refractivity contribution in [3.05, 3.63) is 146 Å². The van der Waals surface area contributed by atoms with E-state index in [-0.39, 0.29) is 25.9 Å². The predicted molar refractivity (Wildman–Crippen MR) is 302 cm³/mol. The first-order chi connectivity index (χ1) is 36.6. The number of ether oxygens (including phenoxy) is 5. The van der Waals surface area contributed by atoms with E-state index in [1.165, 1.54) is 0 Å². The lowest BCUT2D eigenvalue weighted by atomic mass is 9.98. The van der Waals surface area contributed by atoms with Crippen molar-refractivity contribution in [1.82, 2.24) is 0 Å². The summed E-state index contributed by atoms with van der Waals surface area (Å²) in [4.78, 5) is 50.9. The highest BCUT2D eigenvalue weighted by Crippen LogP contribution is 2.26. The molecule has 12 heteroatoms. The molecule has 1 rings (SSSR count). The third kappa shape index (κ3) is 39.7. The van der Waals surface area contributed by atoms with Gasteiger partial charge in [-0.25, -0.2) is 4.79 Å². The number of carbonyl (C=O) groups is 4. The standard InChI is InChI=1S/C63H94O12/c1-4-7-10-13-16-19-22-25-26-27-28-29-30-33-36-39-42-45-48-51-57(66)74-61-59(68)58(67)60(62(69)70)75-63(61)72-53-54(73-56(65)50-47-44-41-38-35-32-24-21-18-15-12-9-6-3)52-71-55(64)49-46-43-40-37-34-31-23-20-17-14-11-8-5-2/h7-8,10-12,15-17,19-21,24-26,28-29,31,33-34,36,40,42-43,45,54,58-61,63,67-68H,4-6,9,13-14,18,22-23,27,30,32,35,37-39,41,44,46-53H2,1-3H3,(H,69,70)/b10-7-,11-8-,15-12-,19-16-,20-17-,24-21-,26-25-,29-28-,34-31-,36-33-,43-40-,45-42-. The van der Waals surface area contributed by atoms with Crippen molar-refractivity contribution in [3.8, 4) is 0 Å². The Hall–Kier alpha value is -5.40. The second kappa shape index (κ2) is 49.5. The fraction of sp³-hybridized carbons (Fsp3) is 0.556. The average molecular weight is 1040 g/mol. The lowest BCUT2D eigenvalue weighted by Crippen LogP contribution is -2.61. The van der Waals surface area contributed by atoms with Gasteiger partial charge in [-0.2, -0.15) is 0 Å². The Kier molecular flexibility index (Phi) is 44.6. The number of aliphatic hydroxyl groups is 2. The SMILES string of the molecule is CC/C=C\C/C=C\C/C=C\C/C=C\C/C=C\C/C=C\CCC(=O)OC1C(OCC(COC(=O)CC/C=C\C/C=C\C/C=C\C/C=C\CC)OC(=O)CCCCCCC/C=C\C/C=C\CCC)OC(C(=O)O)C(O)C1O. The lowest BCUT2D eigenvalue weighted by molar-refractivity contribution is -0.301. The molecule has 6 unspecified atom stereocenters. The molecule has 1 saturated heterocycles. The molecule has 1 aliphatic rings. The second-order valence-corrected chi connectivity index (χ2v) is 18.1. The van der Waals surface area contributed by atoms with Gasteiger partial charge < -0.3 is 39.0 Å². The molecular weight excluding hydrogens is 949 g/mol. The van der Waals surface area contributed by atoms with Crippen LogP contribution in [-0.4, -0.2) is 89.2 Å². The van der Waals surface area contributed by atoms with Crippen LogP contribution < -0.4 is 0 Å². The fourth-order valence-corrected chi connectivity index (χ4v) is 7.21. The van der Waals surface area contributed by atoms with Crippen LogP contribution in [0.1, 0.15) is 175 Å². The number of carboxylic acid groups (broad SMARTS) is 1. The van der Waals surface area contributed by atoms with Crippen molar-refractivity contribution in [3.63, 3.8) is 0 Å². The van der Waals surface area contributed by atoms with Crippen LogP contribution in [0.4, 0.5) is 0 Å². The third-order valence-electron chi connectivity index (χ3n) is 11.4. The Morgan fingerprint density at radius 3 is 1.33 bits per heavy atom. The predicted octanol–water partition coefficient (Wildman–Crippen LogP) is 14.0. The Morgan fingerprint density at radius 1 is 0.453 bits per heavy atom. The zero-order chi connectivity index (χ0) is 54.7. The largest absolute Gasteiger partial charge is 0.479 e. The lowest BCUT2D eigenvalue weighted by Gasteiger charge is -2.40. The summed E-state index contributed by atoms with van der Waals surface area (Å²) in [5, 5.41) is 31.4. The first-order valence-electron chi connectivity index (χ1n) is 27.8. The van der Waals surface area contributed by atoms with Gasteiger partial charge in [-0.1, -0.05) is 192 Å². The minimum atomic E-state index is -1.95. The van der Waals surface area contributed by atoms with Gasteiger partial charge in [0, 0.05) is 19.3 Å². The maximum absolute atomic E-state index is 13.1. The number of hydrogen-bond donors (Lipinski definition) is 3. The molecule has 0 aromatic carbocycles. The van der Waals surface area contributed by atoms with E-state index in [1.807, 2.05) is 30.4 Å². The van der Waals surface area contributed by atoms with Crippen molar-refractivity contribution in [2.45, 2.75) is 212 Å². The number of unbranched alkanes of at least 4 members (excludes halogenated alkanes) is 6. The monoisotopic (exact) mass is 1040 g/mol. The first-order valence-corrected chi connectivity index (χ1v) is 27.8. The van der Waals surface area contributed by atoms with E-state index < -0.39 is 67.3 Å². The Balaban J connectivity index is 2.80. The van der Waals surface area contributed by atoms with Crippen molar-refractivity contribution in [2.75, 3.05) is 13.2 Å². The molecule has 0 radical (unpaired) electrons. The van der Waals surface area contributed by atoms with Crippen LogP contribution in [0.25, 0.3) is 0 Å². The maximum Gasteiger partial charge on any atom is 0.335 e. The summed E-state index contributed by atoms with van der Waals surface area (Å²) >= 11 is 0. The van der Waals surface area contributed by atoms with E-state index in [1.54, 1.807) is 0 Å². The second-order valence-electron chi connectivity index (χ2n) is 18.1. The summed E-state index contributed by atoms with van der Waals surface area (Å²) in [6, 6.07) is 0. The molecule has 0 amide bonds. The quantitative estimate of drug-likeness (QED) is 0.0228. The zero-order valence-electron chi connectivity index (χ0n) is 45.7. The van der Waals surface area contributed by atoms with Gasteiger partial charge >= 0.3 is 23.9 Å². The Bertz CT molecular complexity index is 1860. The van der Waals surface area contributed by atoms with Crippen LogP contribution in [0.2, 0.25) is 0 Å². The molecule has 0 spiro atoms. The summed E-state index contributed by atoms with van der Waals surface area (Å²) in [6.45, 7) is 5.55. The van der Waals surface area contributed by atoms with Gasteiger partial charge in [0.15, 0.2) is 24.6 Å². The van der Waals surface area contributed by atoms with Gasteiger partial charge in [0.2, 0.25) is 0 Å². The number of esters is 3. The molecule has 0 aromatic heterocycles. The number of hydrogen-bond acceptors (Lipinski definition) is 11. The highest BCUT2D eigenvalue weighted by molar-refractivity contribution is 5.74. The van der Waals surface area contributed by atoms with E-state index in [0.717, 1.165) is 109 Å². The highest BCUT2D eigenvalue weighted by atomic mass is 16.7. The van der Waals surface area contributed by atoms with E-state index in [0.29, 0.717) is 25.7 Å². The van der Waals surface area contributed by atoms with Crippen molar-refractivity contribution in [2.24, 2.45) is 0 Å². The maximum atomic E-state index is 13.1. The van der Waals surface area contributed by atoms with Gasteiger partial charge in [-0.05, 0) is 109 Å².